The topological polar surface area (TPSA) is 54.7 Å². The van der Waals surface area contributed by atoms with Gasteiger partial charge in [-0.25, -0.2) is 0 Å². The lowest BCUT2D eigenvalue weighted by atomic mass is 9.83. The SMILES string of the molecule is Cc1cc(C(C)(C)C)cc(C)c1-c1cn[nH]c1CN. The van der Waals surface area contributed by atoms with Crippen molar-refractivity contribution in [3.05, 3.63) is 40.7 Å². The van der Waals surface area contributed by atoms with E-state index in [1.54, 1.807) is 0 Å². The molecule has 0 bridgehead atoms. The van der Waals surface area contributed by atoms with Crippen molar-refractivity contribution in [2.75, 3.05) is 0 Å². The van der Waals surface area contributed by atoms with Crippen LogP contribution < -0.4 is 5.73 Å². The van der Waals surface area contributed by atoms with Crippen molar-refractivity contribution in [2.24, 2.45) is 5.73 Å². The van der Waals surface area contributed by atoms with E-state index in [1.807, 2.05) is 6.20 Å². The molecule has 0 aliphatic carbocycles. The van der Waals surface area contributed by atoms with Gasteiger partial charge in [-0.2, -0.15) is 5.10 Å². The molecule has 3 heteroatoms. The van der Waals surface area contributed by atoms with Gasteiger partial charge in [0.05, 0.1) is 11.9 Å². The molecule has 0 atom stereocenters. The molecule has 0 saturated carbocycles. The van der Waals surface area contributed by atoms with Crippen molar-refractivity contribution in [3.8, 4) is 11.1 Å². The van der Waals surface area contributed by atoms with Crippen LogP contribution >= 0.6 is 0 Å². The summed E-state index contributed by atoms with van der Waals surface area (Å²) in [5.74, 6) is 0. The van der Waals surface area contributed by atoms with Crippen LogP contribution in [0.15, 0.2) is 18.3 Å². The van der Waals surface area contributed by atoms with Crippen LogP contribution in [0.5, 0.6) is 0 Å². The molecular formula is C16H23N3. The van der Waals surface area contributed by atoms with Gasteiger partial charge in [-0.05, 0) is 41.5 Å². The van der Waals surface area contributed by atoms with E-state index >= 15 is 0 Å². The number of nitrogens with two attached hydrogens (primary N) is 1. The smallest absolute Gasteiger partial charge is 0.0569 e. The van der Waals surface area contributed by atoms with Crippen LogP contribution in [-0.2, 0) is 12.0 Å². The van der Waals surface area contributed by atoms with Gasteiger partial charge in [-0.3, -0.25) is 5.10 Å². The number of aromatic amines is 1. The van der Waals surface area contributed by atoms with E-state index in [9.17, 15) is 0 Å². The second kappa shape index (κ2) is 4.82. The molecule has 1 heterocycles. The lowest BCUT2D eigenvalue weighted by molar-refractivity contribution is 0.589. The third kappa shape index (κ3) is 2.56. The Morgan fingerprint density at radius 2 is 1.74 bits per heavy atom. The summed E-state index contributed by atoms with van der Waals surface area (Å²) >= 11 is 0. The number of benzene rings is 1. The van der Waals surface area contributed by atoms with E-state index in [0.717, 1.165) is 11.3 Å². The average Bonchev–Trinajstić information content (AvgIpc) is 2.75. The summed E-state index contributed by atoms with van der Waals surface area (Å²) in [6.07, 6.45) is 1.87. The minimum Gasteiger partial charge on any atom is -0.325 e. The molecule has 2 rings (SSSR count). The Morgan fingerprint density at radius 3 is 2.21 bits per heavy atom. The van der Waals surface area contributed by atoms with Crippen molar-refractivity contribution in [1.29, 1.82) is 0 Å². The van der Waals surface area contributed by atoms with Crippen molar-refractivity contribution >= 4 is 0 Å². The molecule has 0 aliphatic rings. The van der Waals surface area contributed by atoms with Gasteiger partial charge in [0.2, 0.25) is 0 Å². The predicted octanol–water partition coefficient (Wildman–Crippen LogP) is 3.45. The fourth-order valence-electron chi connectivity index (χ4n) is 2.51. The van der Waals surface area contributed by atoms with Gasteiger partial charge < -0.3 is 5.73 Å². The van der Waals surface area contributed by atoms with Crippen molar-refractivity contribution in [3.63, 3.8) is 0 Å². The Kier molecular flexibility index (Phi) is 3.50. The van der Waals surface area contributed by atoms with E-state index in [4.69, 9.17) is 5.73 Å². The fourth-order valence-corrected chi connectivity index (χ4v) is 2.51. The van der Waals surface area contributed by atoms with Crippen LogP contribution in [0.3, 0.4) is 0 Å². The van der Waals surface area contributed by atoms with Crippen molar-refractivity contribution in [1.82, 2.24) is 10.2 Å². The van der Waals surface area contributed by atoms with Crippen molar-refractivity contribution < 1.29 is 0 Å². The normalized spacial score (nSPS) is 11.9. The molecule has 2 aromatic rings. The van der Waals surface area contributed by atoms with Crippen LogP contribution in [0.1, 0.15) is 43.2 Å². The molecule has 0 amide bonds. The maximum Gasteiger partial charge on any atom is 0.0569 e. The van der Waals surface area contributed by atoms with Crippen LogP contribution in [0, 0.1) is 13.8 Å². The number of rotatable bonds is 2. The summed E-state index contributed by atoms with van der Waals surface area (Å²) in [5, 5.41) is 7.10. The third-order valence-corrected chi connectivity index (χ3v) is 3.59. The molecule has 1 aromatic carbocycles. The number of nitrogens with zero attached hydrogens (tertiary/aromatic N) is 1. The molecule has 0 fully saturated rings. The summed E-state index contributed by atoms with van der Waals surface area (Å²) in [7, 11) is 0. The Balaban J connectivity index is 2.61. The molecule has 0 saturated heterocycles. The number of nitrogens with one attached hydrogen (secondary N) is 1. The van der Waals surface area contributed by atoms with Crippen LogP contribution in [0.25, 0.3) is 11.1 Å². The van der Waals surface area contributed by atoms with Crippen LogP contribution in [0.2, 0.25) is 0 Å². The lowest BCUT2D eigenvalue weighted by Crippen LogP contribution is -2.12. The van der Waals surface area contributed by atoms with Gasteiger partial charge in [-0.1, -0.05) is 32.9 Å². The Labute approximate surface area is 115 Å². The van der Waals surface area contributed by atoms with E-state index in [0.29, 0.717) is 6.54 Å². The number of aryl methyl sites for hydroxylation is 2. The molecular weight excluding hydrogens is 234 g/mol. The van der Waals surface area contributed by atoms with Gasteiger partial charge in [-0.15, -0.1) is 0 Å². The quantitative estimate of drug-likeness (QED) is 0.865. The van der Waals surface area contributed by atoms with E-state index in [-0.39, 0.29) is 5.41 Å². The second-order valence-electron chi connectivity index (χ2n) is 6.20. The maximum absolute atomic E-state index is 5.76. The molecule has 0 spiro atoms. The van der Waals surface area contributed by atoms with Gasteiger partial charge in [0.25, 0.3) is 0 Å². The number of aromatic nitrogens is 2. The number of hydrogen-bond donors (Lipinski definition) is 2. The monoisotopic (exact) mass is 257 g/mol. The first-order chi connectivity index (χ1) is 8.84. The Bertz CT molecular complexity index is 565. The maximum atomic E-state index is 5.76. The molecule has 0 unspecified atom stereocenters. The highest BCUT2D eigenvalue weighted by atomic mass is 15.1. The summed E-state index contributed by atoms with van der Waals surface area (Å²) in [6.45, 7) is 11.5. The van der Waals surface area contributed by atoms with E-state index in [1.165, 1.54) is 22.3 Å². The molecule has 3 N–H and O–H groups in total. The minimum absolute atomic E-state index is 0.168. The minimum atomic E-state index is 0.168. The highest BCUT2D eigenvalue weighted by molar-refractivity contribution is 5.73. The van der Waals surface area contributed by atoms with Gasteiger partial charge in [0.1, 0.15) is 0 Å². The first-order valence-corrected chi connectivity index (χ1v) is 6.69. The van der Waals surface area contributed by atoms with Gasteiger partial charge in [0, 0.05) is 12.1 Å². The van der Waals surface area contributed by atoms with Gasteiger partial charge in [0.15, 0.2) is 0 Å². The number of H-pyrrole nitrogens is 1. The highest BCUT2D eigenvalue weighted by Gasteiger charge is 2.18. The molecule has 0 radical (unpaired) electrons. The Hall–Kier alpha value is -1.61. The Morgan fingerprint density at radius 1 is 1.16 bits per heavy atom. The molecule has 0 aliphatic heterocycles. The summed E-state index contributed by atoms with van der Waals surface area (Å²) in [5.41, 5.74) is 13.2. The third-order valence-electron chi connectivity index (χ3n) is 3.59. The first-order valence-electron chi connectivity index (χ1n) is 6.69. The highest BCUT2D eigenvalue weighted by Crippen LogP contribution is 2.33. The molecule has 19 heavy (non-hydrogen) atoms. The van der Waals surface area contributed by atoms with E-state index in [2.05, 4.69) is 56.9 Å². The molecule has 1 aromatic heterocycles. The lowest BCUT2D eigenvalue weighted by Gasteiger charge is -2.22. The largest absolute Gasteiger partial charge is 0.325 e. The summed E-state index contributed by atoms with van der Waals surface area (Å²) in [6, 6.07) is 4.55. The zero-order chi connectivity index (χ0) is 14.2. The predicted molar refractivity (Wildman–Crippen MR) is 80.1 cm³/mol. The fraction of sp³-hybridized carbons (Fsp3) is 0.438. The first kappa shape index (κ1) is 13.8. The second-order valence-corrected chi connectivity index (χ2v) is 6.20. The summed E-state index contributed by atoms with van der Waals surface area (Å²) < 4.78 is 0. The summed E-state index contributed by atoms with van der Waals surface area (Å²) in [4.78, 5) is 0. The molecule has 3 nitrogen and oxygen atoms in total. The zero-order valence-electron chi connectivity index (χ0n) is 12.5. The van der Waals surface area contributed by atoms with Crippen LogP contribution in [-0.4, -0.2) is 10.2 Å². The standard InChI is InChI=1S/C16H23N3/c1-10-6-12(16(3,4)5)7-11(2)15(10)13-9-18-19-14(13)8-17/h6-7,9H,8,17H2,1-5H3,(H,18,19). The average molecular weight is 257 g/mol. The van der Waals surface area contributed by atoms with E-state index < -0.39 is 0 Å². The van der Waals surface area contributed by atoms with Crippen LogP contribution in [0.4, 0.5) is 0 Å². The molecule has 102 valence electrons. The van der Waals surface area contributed by atoms with Crippen molar-refractivity contribution in [2.45, 2.75) is 46.6 Å². The van der Waals surface area contributed by atoms with Gasteiger partial charge >= 0.3 is 0 Å². The zero-order valence-corrected chi connectivity index (χ0v) is 12.5. The number of hydrogen-bond acceptors (Lipinski definition) is 2.